The first-order valence-corrected chi connectivity index (χ1v) is 35.5. The van der Waals surface area contributed by atoms with Crippen molar-refractivity contribution in [1.82, 2.24) is 5.32 Å². The number of carbonyl (C=O) groups excluding carboxylic acids is 2. The molecule has 0 bridgehead atoms. The minimum absolute atomic E-state index is 0.0136. The van der Waals surface area contributed by atoms with Crippen LogP contribution in [0, 0.1) is 0 Å². The van der Waals surface area contributed by atoms with Crippen LogP contribution < -0.4 is 5.32 Å². The minimum atomic E-state index is -0.847. The molecule has 0 aromatic rings. The van der Waals surface area contributed by atoms with Crippen molar-refractivity contribution in [1.29, 1.82) is 0 Å². The van der Waals surface area contributed by atoms with Gasteiger partial charge in [-0.15, -0.1) is 0 Å². The molecule has 6 nitrogen and oxygen atoms in total. The highest BCUT2D eigenvalue weighted by atomic mass is 16.5. The van der Waals surface area contributed by atoms with Crippen molar-refractivity contribution in [3.8, 4) is 0 Å². The normalized spacial score (nSPS) is 12.5. The summed E-state index contributed by atoms with van der Waals surface area (Å²) in [5.41, 5.74) is 0. The van der Waals surface area contributed by atoms with Gasteiger partial charge < -0.3 is 20.3 Å². The molecule has 0 saturated heterocycles. The number of aliphatic hydroxyl groups is 2. The summed E-state index contributed by atoms with van der Waals surface area (Å²) in [6.07, 6.45) is 82.8. The highest BCUT2D eigenvalue weighted by molar-refractivity contribution is 5.76. The molecule has 0 spiro atoms. The highest BCUT2D eigenvalue weighted by Crippen LogP contribution is 2.19. The number of nitrogens with one attached hydrogen (secondary N) is 1. The molecule has 0 aromatic heterocycles. The van der Waals surface area contributed by atoms with Gasteiger partial charge in [0.25, 0.3) is 0 Å². The van der Waals surface area contributed by atoms with E-state index >= 15 is 0 Å². The molecule has 2 unspecified atom stereocenters. The van der Waals surface area contributed by atoms with E-state index in [4.69, 9.17) is 4.74 Å². The van der Waals surface area contributed by atoms with Crippen LogP contribution in [0.5, 0.6) is 0 Å². The van der Waals surface area contributed by atoms with Gasteiger partial charge in [0.05, 0.1) is 25.4 Å². The maximum Gasteiger partial charge on any atom is 0.305 e. The maximum atomic E-state index is 12.5. The number of hydrogen-bond acceptors (Lipinski definition) is 5. The van der Waals surface area contributed by atoms with E-state index in [0.717, 1.165) is 38.5 Å². The standard InChI is InChI=1S/C71H139NO5/c1-3-5-7-9-11-13-15-17-19-21-22-23-24-25-26-28-32-35-39-43-47-51-55-59-63-69(74)68(67-73)72-70(75)64-60-56-52-48-44-40-36-33-29-27-30-34-38-42-46-50-54-58-62-66-77-71(76)65-61-57-53-49-45-41-37-31-20-18-16-14-12-10-8-6-4-2/h59,63,68-69,73-74H,3-58,60-62,64-67H2,1-2H3,(H,72,75)/b63-59+. The Balaban J connectivity index is 3.41. The second-order valence-electron chi connectivity index (χ2n) is 24.6. The van der Waals surface area contributed by atoms with Crippen LogP contribution in [-0.4, -0.2) is 47.4 Å². The van der Waals surface area contributed by atoms with Crippen molar-refractivity contribution >= 4 is 11.9 Å². The molecule has 77 heavy (non-hydrogen) atoms. The number of aliphatic hydroxyl groups excluding tert-OH is 2. The van der Waals surface area contributed by atoms with Crippen LogP contribution in [0.4, 0.5) is 0 Å². The van der Waals surface area contributed by atoms with Crippen LogP contribution in [0.3, 0.4) is 0 Å². The fourth-order valence-electron chi connectivity index (χ4n) is 11.4. The van der Waals surface area contributed by atoms with Gasteiger partial charge in [0.1, 0.15) is 0 Å². The highest BCUT2D eigenvalue weighted by Gasteiger charge is 2.18. The summed E-state index contributed by atoms with van der Waals surface area (Å²) >= 11 is 0. The summed E-state index contributed by atoms with van der Waals surface area (Å²) in [6, 6.07) is -0.631. The number of amides is 1. The largest absolute Gasteiger partial charge is 0.466 e. The van der Waals surface area contributed by atoms with Crippen molar-refractivity contribution < 1.29 is 24.5 Å². The molecule has 0 rings (SSSR count). The van der Waals surface area contributed by atoms with Gasteiger partial charge in [0.15, 0.2) is 0 Å². The molecule has 6 heteroatoms. The molecule has 0 radical (unpaired) electrons. The average molecular weight is 1090 g/mol. The zero-order chi connectivity index (χ0) is 55.7. The van der Waals surface area contributed by atoms with E-state index in [1.807, 2.05) is 6.08 Å². The maximum absolute atomic E-state index is 12.5. The molecular formula is C71H139NO5. The third-order valence-corrected chi connectivity index (χ3v) is 16.8. The van der Waals surface area contributed by atoms with Crippen molar-refractivity contribution in [2.24, 2.45) is 0 Å². The van der Waals surface area contributed by atoms with E-state index in [-0.39, 0.29) is 18.5 Å². The first kappa shape index (κ1) is 75.6. The van der Waals surface area contributed by atoms with Gasteiger partial charge >= 0.3 is 5.97 Å². The van der Waals surface area contributed by atoms with Gasteiger partial charge in [-0.1, -0.05) is 373 Å². The van der Waals surface area contributed by atoms with E-state index in [9.17, 15) is 19.8 Å². The summed E-state index contributed by atoms with van der Waals surface area (Å²) in [6.45, 7) is 4.95. The SMILES string of the molecule is CCCCCCCCCCCCCCCCCCCCCCCC/C=C/C(O)C(CO)NC(=O)CCCCCCCCCCCCCCCCCCCCCOC(=O)CCCCCCCCCCCCCCCCCCC. The lowest BCUT2D eigenvalue weighted by Crippen LogP contribution is -2.45. The van der Waals surface area contributed by atoms with E-state index in [1.54, 1.807) is 6.08 Å². The Hall–Kier alpha value is -1.40. The fourth-order valence-corrected chi connectivity index (χ4v) is 11.4. The van der Waals surface area contributed by atoms with Crippen LogP contribution in [-0.2, 0) is 14.3 Å². The molecule has 0 aliphatic carbocycles. The lowest BCUT2D eigenvalue weighted by molar-refractivity contribution is -0.143. The number of ether oxygens (including phenoxy) is 1. The summed E-state index contributed by atoms with van der Waals surface area (Å²) in [7, 11) is 0. The van der Waals surface area contributed by atoms with Crippen LogP contribution in [0.25, 0.3) is 0 Å². The Morgan fingerprint density at radius 2 is 0.597 bits per heavy atom. The van der Waals surface area contributed by atoms with Crippen molar-refractivity contribution in [3.05, 3.63) is 12.2 Å². The summed E-state index contributed by atoms with van der Waals surface area (Å²) in [5, 5.41) is 23.3. The quantitative estimate of drug-likeness (QED) is 0.0320. The Morgan fingerprint density at radius 1 is 0.351 bits per heavy atom. The molecule has 3 N–H and O–H groups in total. The van der Waals surface area contributed by atoms with Crippen molar-refractivity contribution in [2.75, 3.05) is 13.2 Å². The second kappa shape index (κ2) is 67.1. The lowest BCUT2D eigenvalue weighted by Gasteiger charge is -2.20. The average Bonchev–Trinajstić information content (AvgIpc) is 3.43. The number of unbranched alkanes of at least 4 members (excludes halogenated alkanes) is 56. The van der Waals surface area contributed by atoms with Crippen LogP contribution >= 0.6 is 0 Å². The Morgan fingerprint density at radius 3 is 0.883 bits per heavy atom. The predicted molar refractivity (Wildman–Crippen MR) is 338 cm³/mol. The topological polar surface area (TPSA) is 95.9 Å². The van der Waals surface area contributed by atoms with Crippen LogP contribution in [0.15, 0.2) is 12.2 Å². The summed E-state index contributed by atoms with van der Waals surface area (Å²) in [4.78, 5) is 24.6. The van der Waals surface area contributed by atoms with Gasteiger partial charge in [-0.25, -0.2) is 0 Å². The van der Waals surface area contributed by atoms with Gasteiger partial charge in [0.2, 0.25) is 5.91 Å². The number of rotatable bonds is 67. The summed E-state index contributed by atoms with van der Waals surface area (Å²) < 4.78 is 5.50. The van der Waals surface area contributed by atoms with Gasteiger partial charge in [-0.3, -0.25) is 9.59 Å². The molecular weight excluding hydrogens is 947 g/mol. The zero-order valence-corrected chi connectivity index (χ0v) is 52.5. The van der Waals surface area contributed by atoms with E-state index in [0.29, 0.717) is 19.4 Å². The molecule has 0 saturated carbocycles. The monoisotopic (exact) mass is 1090 g/mol. The summed E-state index contributed by atoms with van der Waals surface area (Å²) in [5.74, 6) is -0.0520. The molecule has 1 amide bonds. The van der Waals surface area contributed by atoms with Crippen LogP contribution in [0.1, 0.15) is 406 Å². The van der Waals surface area contributed by atoms with E-state index in [2.05, 4.69) is 19.2 Å². The third-order valence-electron chi connectivity index (χ3n) is 16.8. The first-order valence-electron chi connectivity index (χ1n) is 35.5. The number of allylic oxidation sites excluding steroid dienone is 1. The fraction of sp³-hybridized carbons (Fsp3) is 0.944. The molecule has 0 aromatic carbocycles. The molecule has 0 aliphatic rings. The minimum Gasteiger partial charge on any atom is -0.466 e. The smallest absolute Gasteiger partial charge is 0.305 e. The lowest BCUT2D eigenvalue weighted by atomic mass is 10.0. The van der Waals surface area contributed by atoms with E-state index < -0.39 is 12.1 Å². The number of carbonyl (C=O) groups is 2. The Kier molecular flexibility index (Phi) is 65.9. The first-order chi connectivity index (χ1) is 38.0. The molecule has 0 heterocycles. The molecule has 458 valence electrons. The Labute approximate surface area is 482 Å². The number of hydrogen-bond donors (Lipinski definition) is 3. The van der Waals surface area contributed by atoms with Gasteiger partial charge in [0, 0.05) is 12.8 Å². The number of esters is 1. The Bertz CT molecular complexity index is 1160. The zero-order valence-electron chi connectivity index (χ0n) is 52.5. The molecule has 2 atom stereocenters. The van der Waals surface area contributed by atoms with Crippen molar-refractivity contribution in [2.45, 2.75) is 418 Å². The van der Waals surface area contributed by atoms with Gasteiger partial charge in [-0.2, -0.15) is 0 Å². The van der Waals surface area contributed by atoms with Gasteiger partial charge in [-0.05, 0) is 32.1 Å². The molecule has 0 fully saturated rings. The van der Waals surface area contributed by atoms with Crippen LogP contribution in [0.2, 0.25) is 0 Å². The third kappa shape index (κ3) is 63.6. The van der Waals surface area contributed by atoms with Crippen molar-refractivity contribution in [3.63, 3.8) is 0 Å². The van der Waals surface area contributed by atoms with E-state index in [1.165, 1.54) is 340 Å². The second-order valence-corrected chi connectivity index (χ2v) is 24.6. The predicted octanol–water partition coefficient (Wildman–Crippen LogP) is 22.8. The molecule has 0 aliphatic heterocycles.